The maximum Gasteiger partial charge on any atom is 0.408 e. The molecule has 0 radical (unpaired) electrons. The third kappa shape index (κ3) is 8.85. The average Bonchev–Trinajstić information content (AvgIpc) is 2.78. The van der Waals surface area contributed by atoms with Crippen LogP contribution in [-0.4, -0.2) is 46.9 Å². The molecule has 39 heavy (non-hydrogen) atoms. The van der Waals surface area contributed by atoms with Crippen molar-refractivity contribution < 1.29 is 23.9 Å². The van der Waals surface area contributed by atoms with Crippen molar-refractivity contribution in [3.8, 4) is 6.07 Å². The van der Waals surface area contributed by atoms with Crippen LogP contribution in [0.5, 0.6) is 0 Å². The van der Waals surface area contributed by atoms with Crippen molar-refractivity contribution in [1.29, 1.82) is 5.26 Å². The second kappa shape index (κ2) is 12.9. The van der Waals surface area contributed by atoms with E-state index in [9.17, 15) is 24.4 Å². The number of anilines is 1. The topological polar surface area (TPSA) is 155 Å². The quantitative estimate of drug-likeness (QED) is 0.416. The first-order valence-corrected chi connectivity index (χ1v) is 12.5. The number of nitrogens with zero attached hydrogens (tertiary/aromatic N) is 2. The number of hydrogen-bond acceptors (Lipinski definition) is 6. The first-order valence-electron chi connectivity index (χ1n) is 12.5. The van der Waals surface area contributed by atoms with Gasteiger partial charge in [-0.3, -0.25) is 14.4 Å². The van der Waals surface area contributed by atoms with Crippen LogP contribution >= 0.6 is 0 Å². The van der Waals surface area contributed by atoms with Crippen molar-refractivity contribution in [2.75, 3.05) is 11.9 Å². The summed E-state index contributed by atoms with van der Waals surface area (Å²) in [5.41, 5.74) is 8.90. The number of nitriles is 1. The number of ether oxygens (including phenoxy) is 1. The van der Waals surface area contributed by atoms with Gasteiger partial charge in [0, 0.05) is 5.69 Å². The van der Waals surface area contributed by atoms with Crippen LogP contribution in [0, 0.1) is 39.0 Å². The Kier molecular flexibility index (Phi) is 10.2. The van der Waals surface area contributed by atoms with Crippen LogP contribution in [0.25, 0.3) is 0 Å². The van der Waals surface area contributed by atoms with Gasteiger partial charge in [-0.05, 0) is 65.2 Å². The summed E-state index contributed by atoms with van der Waals surface area (Å²) < 4.78 is 5.25. The monoisotopic (exact) mass is 535 g/mol. The van der Waals surface area contributed by atoms with Crippen molar-refractivity contribution in [3.05, 3.63) is 64.2 Å². The lowest BCUT2D eigenvalue weighted by molar-refractivity contribution is -0.141. The van der Waals surface area contributed by atoms with Crippen LogP contribution in [0.1, 0.15) is 61.1 Å². The van der Waals surface area contributed by atoms with Gasteiger partial charge in [0.2, 0.25) is 11.8 Å². The van der Waals surface area contributed by atoms with Gasteiger partial charge in [0.1, 0.15) is 24.2 Å². The van der Waals surface area contributed by atoms with Crippen molar-refractivity contribution in [1.82, 2.24) is 10.2 Å². The van der Waals surface area contributed by atoms with E-state index in [2.05, 4.69) is 10.6 Å². The van der Waals surface area contributed by atoms with E-state index in [1.165, 1.54) is 0 Å². The van der Waals surface area contributed by atoms with Crippen LogP contribution in [0.2, 0.25) is 0 Å². The minimum Gasteiger partial charge on any atom is -0.444 e. The Morgan fingerprint density at radius 2 is 1.59 bits per heavy atom. The first-order chi connectivity index (χ1) is 18.1. The van der Waals surface area contributed by atoms with Gasteiger partial charge in [0.05, 0.1) is 12.5 Å². The number of rotatable bonds is 9. The van der Waals surface area contributed by atoms with Crippen LogP contribution in [0.3, 0.4) is 0 Å². The Morgan fingerprint density at radius 1 is 1.03 bits per heavy atom. The van der Waals surface area contributed by atoms with Gasteiger partial charge in [-0.2, -0.15) is 5.26 Å². The van der Waals surface area contributed by atoms with Gasteiger partial charge < -0.3 is 26.0 Å². The van der Waals surface area contributed by atoms with Crippen molar-refractivity contribution in [2.45, 2.75) is 72.6 Å². The van der Waals surface area contributed by atoms with E-state index in [-0.39, 0.29) is 0 Å². The SMILES string of the molecule is Cc1cc(C)cc(C(C(=O)Nc2c(C)cccc2C)N(CC#N)C(=O)C(CC(N)=O)NC(=O)OC(C)(C)C)c1. The van der Waals surface area contributed by atoms with E-state index in [0.717, 1.165) is 27.2 Å². The van der Waals surface area contributed by atoms with E-state index in [4.69, 9.17) is 10.5 Å². The molecule has 0 aliphatic heterocycles. The van der Waals surface area contributed by atoms with Gasteiger partial charge in [0.25, 0.3) is 5.91 Å². The minimum atomic E-state index is -1.47. The number of para-hydroxylation sites is 1. The summed E-state index contributed by atoms with van der Waals surface area (Å²) in [6.07, 6.45) is -1.50. The molecular weight excluding hydrogens is 498 g/mol. The molecule has 2 unspecified atom stereocenters. The summed E-state index contributed by atoms with van der Waals surface area (Å²) in [5, 5.41) is 15.0. The molecule has 0 bridgehead atoms. The van der Waals surface area contributed by atoms with E-state index in [1.54, 1.807) is 32.9 Å². The van der Waals surface area contributed by atoms with Crippen molar-refractivity contribution >= 4 is 29.5 Å². The molecule has 0 spiro atoms. The molecular formula is C29H37N5O5. The zero-order valence-corrected chi connectivity index (χ0v) is 23.5. The van der Waals surface area contributed by atoms with E-state index in [0.29, 0.717) is 11.3 Å². The molecule has 0 saturated carbocycles. The highest BCUT2D eigenvalue weighted by atomic mass is 16.6. The fourth-order valence-electron chi connectivity index (χ4n) is 4.27. The van der Waals surface area contributed by atoms with E-state index in [1.807, 2.05) is 58.0 Å². The van der Waals surface area contributed by atoms with Crippen LogP contribution < -0.4 is 16.4 Å². The highest BCUT2D eigenvalue weighted by Gasteiger charge is 2.37. The summed E-state index contributed by atoms with van der Waals surface area (Å²) in [7, 11) is 0. The zero-order valence-electron chi connectivity index (χ0n) is 23.5. The summed E-state index contributed by atoms with van der Waals surface area (Å²) in [5.74, 6) is -2.25. The Labute approximate surface area is 229 Å². The summed E-state index contributed by atoms with van der Waals surface area (Å²) in [4.78, 5) is 53.2. The molecule has 0 aromatic heterocycles. The maximum atomic E-state index is 13.9. The molecule has 0 saturated heterocycles. The second-order valence-electron chi connectivity index (χ2n) is 10.6. The number of benzene rings is 2. The highest BCUT2D eigenvalue weighted by Crippen LogP contribution is 2.28. The Balaban J connectivity index is 2.61. The highest BCUT2D eigenvalue weighted by molar-refractivity contribution is 6.00. The fourth-order valence-corrected chi connectivity index (χ4v) is 4.27. The molecule has 0 aliphatic carbocycles. The molecule has 0 fully saturated rings. The Morgan fingerprint density at radius 3 is 2.08 bits per heavy atom. The summed E-state index contributed by atoms with van der Waals surface area (Å²) >= 11 is 0. The molecule has 2 atom stereocenters. The second-order valence-corrected chi connectivity index (χ2v) is 10.6. The molecule has 2 aromatic carbocycles. The normalized spacial score (nSPS) is 12.5. The first kappa shape index (κ1) is 30.8. The number of carbonyl (C=O) groups is 4. The smallest absolute Gasteiger partial charge is 0.408 e. The van der Waals surface area contributed by atoms with Crippen molar-refractivity contribution in [3.63, 3.8) is 0 Å². The molecule has 10 heteroatoms. The number of nitrogens with two attached hydrogens (primary N) is 1. The number of primary amides is 1. The molecule has 4 N–H and O–H groups in total. The largest absolute Gasteiger partial charge is 0.444 e. The Hall–Kier alpha value is -4.39. The van der Waals surface area contributed by atoms with E-state index >= 15 is 0 Å². The van der Waals surface area contributed by atoms with Crippen LogP contribution in [0.15, 0.2) is 36.4 Å². The predicted octanol–water partition coefficient (Wildman–Crippen LogP) is 3.72. The summed E-state index contributed by atoms with van der Waals surface area (Å²) in [6, 6.07) is 10.2. The number of alkyl carbamates (subject to hydrolysis) is 1. The van der Waals surface area contributed by atoms with E-state index < -0.39 is 54.5 Å². The number of hydrogen-bond donors (Lipinski definition) is 3. The Bertz CT molecular complexity index is 1250. The lowest BCUT2D eigenvalue weighted by Gasteiger charge is -2.33. The fraction of sp³-hybridized carbons (Fsp3) is 0.414. The van der Waals surface area contributed by atoms with Gasteiger partial charge in [-0.1, -0.05) is 47.5 Å². The third-order valence-electron chi connectivity index (χ3n) is 5.77. The van der Waals surface area contributed by atoms with Gasteiger partial charge in [0.15, 0.2) is 0 Å². The molecule has 2 rings (SSSR count). The third-order valence-corrected chi connectivity index (χ3v) is 5.77. The zero-order chi connectivity index (χ0) is 29.5. The lowest BCUT2D eigenvalue weighted by Crippen LogP contribution is -2.53. The molecule has 0 aliphatic rings. The average molecular weight is 536 g/mol. The predicted molar refractivity (Wildman–Crippen MR) is 147 cm³/mol. The standard InChI is InChI=1S/C29H37N5O5/c1-17-13-18(2)15-21(14-17)25(26(36)33-24-19(3)9-8-10-20(24)4)34(12-11-30)27(37)22(16-23(31)35)32-28(38)39-29(5,6)7/h8-10,13-15,22,25H,12,16H2,1-7H3,(H2,31,35)(H,32,38)(H,33,36). The van der Waals surface area contributed by atoms with Crippen LogP contribution in [-0.2, 0) is 19.1 Å². The maximum absolute atomic E-state index is 13.9. The lowest BCUT2D eigenvalue weighted by atomic mass is 9.97. The van der Waals surface area contributed by atoms with Crippen LogP contribution in [0.4, 0.5) is 10.5 Å². The number of aryl methyl sites for hydroxylation is 4. The van der Waals surface area contributed by atoms with Gasteiger partial charge in [-0.15, -0.1) is 0 Å². The van der Waals surface area contributed by atoms with Gasteiger partial charge >= 0.3 is 6.09 Å². The van der Waals surface area contributed by atoms with Crippen molar-refractivity contribution in [2.24, 2.45) is 5.73 Å². The molecule has 10 nitrogen and oxygen atoms in total. The molecule has 208 valence electrons. The summed E-state index contributed by atoms with van der Waals surface area (Å²) in [6.45, 7) is 11.8. The molecule has 4 amide bonds. The number of nitrogens with one attached hydrogen (secondary N) is 2. The van der Waals surface area contributed by atoms with Gasteiger partial charge in [-0.25, -0.2) is 4.79 Å². The number of amides is 4. The minimum absolute atomic E-state index is 0.468. The molecule has 2 aromatic rings. The molecule has 0 heterocycles. The number of carbonyl (C=O) groups excluding carboxylic acids is 4.